The predicted octanol–water partition coefficient (Wildman–Crippen LogP) is 1.26. The SMILES string of the molecule is Cc1ccc(C)c(NC(=O)[C@@H](C)[NH+]2CCN(C(=O)c3ccco3)CC2)c1. The van der Waals surface area contributed by atoms with Crippen molar-refractivity contribution in [2.45, 2.75) is 26.8 Å². The fourth-order valence-electron chi connectivity index (χ4n) is 3.28. The van der Waals surface area contributed by atoms with Gasteiger partial charge >= 0.3 is 0 Å². The lowest BCUT2D eigenvalue weighted by atomic mass is 10.1. The van der Waals surface area contributed by atoms with Gasteiger partial charge in [-0.2, -0.15) is 0 Å². The van der Waals surface area contributed by atoms with Crippen molar-refractivity contribution in [3.05, 3.63) is 53.5 Å². The van der Waals surface area contributed by atoms with Gasteiger partial charge in [0.25, 0.3) is 11.8 Å². The molecule has 0 aliphatic carbocycles. The van der Waals surface area contributed by atoms with E-state index in [0.29, 0.717) is 18.8 Å². The number of nitrogens with one attached hydrogen (secondary N) is 2. The highest BCUT2D eigenvalue weighted by Crippen LogP contribution is 2.16. The van der Waals surface area contributed by atoms with E-state index < -0.39 is 0 Å². The van der Waals surface area contributed by atoms with Gasteiger partial charge in [-0.1, -0.05) is 12.1 Å². The van der Waals surface area contributed by atoms with Gasteiger partial charge in [-0.3, -0.25) is 9.59 Å². The molecule has 1 aromatic carbocycles. The number of hydrogen-bond donors (Lipinski definition) is 2. The Hall–Kier alpha value is -2.60. The standard InChI is InChI=1S/C20H25N3O3/c1-14-6-7-15(2)17(13-14)21-19(24)16(3)22-8-10-23(11-9-22)20(25)18-5-4-12-26-18/h4-7,12-13,16H,8-11H2,1-3H3,(H,21,24)/p+1/t16-/m1/s1. The summed E-state index contributed by atoms with van der Waals surface area (Å²) in [5.74, 6) is 0.301. The third-order valence-corrected chi connectivity index (χ3v) is 5.08. The summed E-state index contributed by atoms with van der Waals surface area (Å²) in [6.45, 7) is 8.68. The lowest BCUT2D eigenvalue weighted by Crippen LogP contribution is -3.19. The average Bonchev–Trinajstić information content (AvgIpc) is 3.18. The van der Waals surface area contributed by atoms with Crippen LogP contribution in [0.5, 0.6) is 0 Å². The number of anilines is 1. The molecule has 0 radical (unpaired) electrons. The van der Waals surface area contributed by atoms with E-state index in [-0.39, 0.29) is 17.9 Å². The zero-order valence-electron chi connectivity index (χ0n) is 15.5. The van der Waals surface area contributed by atoms with Gasteiger partial charge in [-0.15, -0.1) is 0 Å². The minimum Gasteiger partial charge on any atom is -0.459 e. The summed E-state index contributed by atoms with van der Waals surface area (Å²) in [6.07, 6.45) is 1.51. The van der Waals surface area contributed by atoms with Crippen LogP contribution in [0.3, 0.4) is 0 Å². The summed E-state index contributed by atoms with van der Waals surface area (Å²) in [4.78, 5) is 28.0. The van der Waals surface area contributed by atoms with E-state index in [1.807, 2.05) is 39.0 Å². The summed E-state index contributed by atoms with van der Waals surface area (Å²) in [5.41, 5.74) is 3.05. The van der Waals surface area contributed by atoms with Gasteiger partial charge in [0, 0.05) is 5.69 Å². The molecule has 2 amide bonds. The molecule has 0 bridgehead atoms. The average molecular weight is 356 g/mol. The van der Waals surface area contributed by atoms with Crippen LogP contribution in [0.1, 0.15) is 28.6 Å². The monoisotopic (exact) mass is 356 g/mol. The zero-order chi connectivity index (χ0) is 18.7. The smallest absolute Gasteiger partial charge is 0.289 e. The Morgan fingerprint density at radius 2 is 1.92 bits per heavy atom. The molecule has 6 heteroatoms. The third kappa shape index (κ3) is 3.96. The molecular weight excluding hydrogens is 330 g/mol. The maximum Gasteiger partial charge on any atom is 0.289 e. The van der Waals surface area contributed by atoms with E-state index in [1.54, 1.807) is 17.0 Å². The van der Waals surface area contributed by atoms with E-state index in [2.05, 4.69) is 5.32 Å². The van der Waals surface area contributed by atoms with Gasteiger partial charge in [0.05, 0.1) is 32.4 Å². The van der Waals surface area contributed by atoms with Crippen LogP contribution in [0, 0.1) is 13.8 Å². The maximum absolute atomic E-state index is 12.6. The topological polar surface area (TPSA) is 67.0 Å². The van der Waals surface area contributed by atoms with E-state index in [0.717, 1.165) is 29.9 Å². The second-order valence-corrected chi connectivity index (χ2v) is 6.96. The first kappa shape index (κ1) is 18.2. The van der Waals surface area contributed by atoms with Gasteiger partial charge in [-0.05, 0) is 50.1 Å². The number of rotatable bonds is 4. The number of quaternary nitrogens is 1. The van der Waals surface area contributed by atoms with Crippen LogP contribution < -0.4 is 10.2 Å². The van der Waals surface area contributed by atoms with Gasteiger partial charge in [0.2, 0.25) is 0 Å². The van der Waals surface area contributed by atoms with Crippen molar-refractivity contribution in [1.29, 1.82) is 0 Å². The van der Waals surface area contributed by atoms with Crippen LogP contribution in [0.25, 0.3) is 0 Å². The molecule has 1 saturated heterocycles. The second kappa shape index (κ2) is 7.74. The van der Waals surface area contributed by atoms with Crippen LogP contribution >= 0.6 is 0 Å². The highest BCUT2D eigenvalue weighted by molar-refractivity contribution is 5.94. The zero-order valence-corrected chi connectivity index (χ0v) is 15.5. The Labute approximate surface area is 153 Å². The summed E-state index contributed by atoms with van der Waals surface area (Å²) < 4.78 is 5.19. The van der Waals surface area contributed by atoms with Crippen LogP contribution in [-0.2, 0) is 4.79 Å². The molecule has 2 N–H and O–H groups in total. The Morgan fingerprint density at radius 1 is 1.19 bits per heavy atom. The quantitative estimate of drug-likeness (QED) is 0.867. The van der Waals surface area contributed by atoms with Gasteiger partial charge in [0.1, 0.15) is 0 Å². The van der Waals surface area contributed by atoms with Gasteiger partial charge in [-0.25, -0.2) is 0 Å². The Kier molecular flexibility index (Phi) is 5.42. The molecule has 6 nitrogen and oxygen atoms in total. The second-order valence-electron chi connectivity index (χ2n) is 6.96. The summed E-state index contributed by atoms with van der Waals surface area (Å²) >= 11 is 0. The van der Waals surface area contributed by atoms with Crippen molar-refractivity contribution >= 4 is 17.5 Å². The number of aryl methyl sites for hydroxylation is 2. The Balaban J connectivity index is 1.56. The largest absolute Gasteiger partial charge is 0.459 e. The molecule has 138 valence electrons. The minimum atomic E-state index is -0.171. The molecule has 1 aliphatic rings. The van der Waals surface area contributed by atoms with Crippen molar-refractivity contribution in [2.75, 3.05) is 31.5 Å². The molecule has 2 aromatic rings. The molecule has 1 atom stereocenters. The first-order valence-electron chi connectivity index (χ1n) is 9.01. The molecular formula is C20H26N3O3+. The molecule has 2 heterocycles. The summed E-state index contributed by atoms with van der Waals surface area (Å²) in [6, 6.07) is 9.28. The number of nitrogens with zero attached hydrogens (tertiary/aromatic N) is 1. The fourth-order valence-corrected chi connectivity index (χ4v) is 3.28. The first-order valence-corrected chi connectivity index (χ1v) is 9.01. The van der Waals surface area contributed by atoms with Crippen molar-refractivity contribution in [2.24, 2.45) is 0 Å². The van der Waals surface area contributed by atoms with Crippen molar-refractivity contribution in [3.8, 4) is 0 Å². The van der Waals surface area contributed by atoms with E-state index in [1.165, 1.54) is 11.2 Å². The van der Waals surface area contributed by atoms with Crippen LogP contribution in [0.15, 0.2) is 41.0 Å². The van der Waals surface area contributed by atoms with Gasteiger partial charge < -0.3 is 19.5 Å². The molecule has 1 aliphatic heterocycles. The number of benzene rings is 1. The number of piperazine rings is 1. The van der Waals surface area contributed by atoms with E-state index in [4.69, 9.17) is 4.42 Å². The normalized spacial score (nSPS) is 16.3. The predicted molar refractivity (Wildman–Crippen MR) is 99.3 cm³/mol. The van der Waals surface area contributed by atoms with E-state index >= 15 is 0 Å². The van der Waals surface area contributed by atoms with Crippen molar-refractivity contribution < 1.29 is 18.9 Å². The third-order valence-electron chi connectivity index (χ3n) is 5.08. The lowest BCUT2D eigenvalue weighted by Gasteiger charge is -2.34. The maximum atomic E-state index is 12.6. The fraction of sp³-hybridized carbons (Fsp3) is 0.400. The van der Waals surface area contributed by atoms with Crippen molar-refractivity contribution in [1.82, 2.24) is 4.90 Å². The number of carbonyl (C=O) groups excluding carboxylic acids is 2. The molecule has 0 unspecified atom stereocenters. The number of amides is 2. The number of carbonyl (C=O) groups is 2. The van der Waals surface area contributed by atoms with Crippen LogP contribution in [0.4, 0.5) is 5.69 Å². The van der Waals surface area contributed by atoms with Crippen LogP contribution in [0.2, 0.25) is 0 Å². The van der Waals surface area contributed by atoms with Crippen LogP contribution in [-0.4, -0.2) is 48.9 Å². The Morgan fingerprint density at radius 3 is 2.58 bits per heavy atom. The summed E-state index contributed by atoms with van der Waals surface area (Å²) in [5, 5.41) is 3.05. The van der Waals surface area contributed by atoms with Crippen molar-refractivity contribution in [3.63, 3.8) is 0 Å². The summed E-state index contributed by atoms with van der Waals surface area (Å²) in [7, 11) is 0. The van der Waals surface area contributed by atoms with Gasteiger partial charge in [0.15, 0.2) is 11.8 Å². The molecule has 3 rings (SSSR count). The Bertz CT molecular complexity index is 778. The highest BCUT2D eigenvalue weighted by atomic mass is 16.3. The molecule has 0 saturated carbocycles. The highest BCUT2D eigenvalue weighted by Gasteiger charge is 2.31. The number of hydrogen-bond acceptors (Lipinski definition) is 3. The molecule has 26 heavy (non-hydrogen) atoms. The molecule has 0 spiro atoms. The first-order chi connectivity index (χ1) is 12.5. The lowest BCUT2D eigenvalue weighted by molar-refractivity contribution is -0.917. The minimum absolute atomic E-state index is 0.0134. The molecule has 1 aromatic heterocycles. The van der Waals surface area contributed by atoms with E-state index in [9.17, 15) is 9.59 Å². The number of furan rings is 1. The molecule has 1 fully saturated rings.